The predicted molar refractivity (Wildman–Crippen MR) is 59.0 cm³/mol. The zero-order chi connectivity index (χ0) is 10.6. The van der Waals surface area contributed by atoms with Gasteiger partial charge < -0.3 is 5.32 Å². The second kappa shape index (κ2) is 5.38. The normalized spacial score (nSPS) is 27.7. The quantitative estimate of drug-likeness (QED) is 0.740. The van der Waals surface area contributed by atoms with Gasteiger partial charge in [0, 0.05) is 12.0 Å². The van der Waals surface area contributed by atoms with Gasteiger partial charge in [-0.3, -0.25) is 4.79 Å². The van der Waals surface area contributed by atoms with Crippen molar-refractivity contribution in [3.8, 4) is 0 Å². The first-order valence-electron chi connectivity index (χ1n) is 5.93. The van der Waals surface area contributed by atoms with E-state index in [4.69, 9.17) is 0 Å². The summed E-state index contributed by atoms with van der Waals surface area (Å²) in [6.07, 6.45) is 5.95. The van der Waals surface area contributed by atoms with Gasteiger partial charge >= 0.3 is 0 Å². The molecular formula is C12H23NO. The molecule has 1 saturated carbocycles. The van der Waals surface area contributed by atoms with Crippen LogP contribution in [0.2, 0.25) is 0 Å². The molecule has 0 aromatic heterocycles. The fraction of sp³-hybridized carbons (Fsp3) is 0.917. The monoisotopic (exact) mass is 197 g/mol. The Morgan fingerprint density at radius 3 is 2.29 bits per heavy atom. The Morgan fingerprint density at radius 2 is 1.86 bits per heavy atom. The summed E-state index contributed by atoms with van der Waals surface area (Å²) >= 11 is 0. The van der Waals surface area contributed by atoms with Crippen molar-refractivity contribution in [2.24, 2.45) is 11.8 Å². The first-order valence-corrected chi connectivity index (χ1v) is 5.93. The zero-order valence-electron chi connectivity index (χ0n) is 9.68. The number of nitrogens with one attached hydrogen (secondary N) is 1. The minimum Gasteiger partial charge on any atom is -0.354 e. The molecule has 0 aromatic carbocycles. The van der Waals surface area contributed by atoms with Crippen LogP contribution in [0.15, 0.2) is 0 Å². The number of carbonyl (C=O) groups excluding carboxylic acids is 1. The molecule has 1 amide bonds. The fourth-order valence-electron chi connectivity index (χ4n) is 2.24. The van der Waals surface area contributed by atoms with E-state index in [0.717, 1.165) is 18.8 Å². The molecule has 0 atom stereocenters. The van der Waals surface area contributed by atoms with E-state index in [-0.39, 0.29) is 11.9 Å². The van der Waals surface area contributed by atoms with Crippen molar-refractivity contribution in [2.75, 3.05) is 0 Å². The minimum atomic E-state index is 0.273. The molecule has 14 heavy (non-hydrogen) atoms. The number of rotatable bonds is 3. The van der Waals surface area contributed by atoms with Crippen LogP contribution < -0.4 is 5.32 Å². The Balaban J connectivity index is 2.30. The second-order valence-corrected chi connectivity index (χ2v) is 4.79. The third kappa shape index (κ3) is 3.32. The zero-order valence-corrected chi connectivity index (χ0v) is 9.68. The van der Waals surface area contributed by atoms with Gasteiger partial charge in [-0.25, -0.2) is 0 Å². The lowest BCUT2D eigenvalue weighted by atomic mass is 9.80. The Kier molecular flexibility index (Phi) is 4.43. The van der Waals surface area contributed by atoms with Gasteiger partial charge in [0.1, 0.15) is 0 Å². The average molecular weight is 197 g/mol. The van der Waals surface area contributed by atoms with Crippen LogP contribution in [-0.2, 0) is 4.79 Å². The van der Waals surface area contributed by atoms with Crippen LogP contribution in [0, 0.1) is 11.8 Å². The summed E-state index contributed by atoms with van der Waals surface area (Å²) in [4.78, 5) is 11.7. The van der Waals surface area contributed by atoms with Crippen molar-refractivity contribution in [3.05, 3.63) is 0 Å². The Bertz CT molecular complexity index is 181. The van der Waals surface area contributed by atoms with Crippen molar-refractivity contribution in [1.29, 1.82) is 0 Å². The second-order valence-electron chi connectivity index (χ2n) is 4.79. The van der Waals surface area contributed by atoms with E-state index >= 15 is 0 Å². The maximum absolute atomic E-state index is 11.7. The lowest BCUT2D eigenvalue weighted by molar-refractivity contribution is -0.126. The fourth-order valence-corrected chi connectivity index (χ4v) is 2.24. The number of amides is 1. The number of hydrogen-bond donors (Lipinski definition) is 1. The third-order valence-corrected chi connectivity index (χ3v) is 3.23. The van der Waals surface area contributed by atoms with Gasteiger partial charge in [0.25, 0.3) is 0 Å². The van der Waals surface area contributed by atoms with E-state index < -0.39 is 0 Å². The van der Waals surface area contributed by atoms with Crippen molar-refractivity contribution in [3.63, 3.8) is 0 Å². The molecule has 2 heteroatoms. The SMILES string of the molecule is CCC1CCC(C(=O)NC(C)C)CC1. The van der Waals surface area contributed by atoms with E-state index in [0.29, 0.717) is 5.92 Å². The lowest BCUT2D eigenvalue weighted by Gasteiger charge is -2.27. The largest absolute Gasteiger partial charge is 0.354 e. The molecule has 1 fully saturated rings. The standard InChI is InChI=1S/C12H23NO/c1-4-10-5-7-11(8-6-10)12(14)13-9(2)3/h9-11H,4-8H2,1-3H3,(H,13,14). The molecule has 0 radical (unpaired) electrons. The summed E-state index contributed by atoms with van der Waals surface area (Å²) in [7, 11) is 0. The average Bonchev–Trinajstić information content (AvgIpc) is 2.17. The van der Waals surface area contributed by atoms with E-state index in [1.54, 1.807) is 0 Å². The van der Waals surface area contributed by atoms with E-state index in [1.807, 2.05) is 13.8 Å². The van der Waals surface area contributed by atoms with E-state index in [1.165, 1.54) is 19.3 Å². The maximum atomic E-state index is 11.7. The summed E-state index contributed by atoms with van der Waals surface area (Å²) in [6, 6.07) is 0.284. The third-order valence-electron chi connectivity index (χ3n) is 3.23. The first-order chi connectivity index (χ1) is 6.63. The van der Waals surface area contributed by atoms with Crippen molar-refractivity contribution in [2.45, 2.75) is 58.9 Å². The molecule has 0 aliphatic heterocycles. The van der Waals surface area contributed by atoms with Gasteiger partial charge in [0.15, 0.2) is 0 Å². The van der Waals surface area contributed by atoms with E-state index in [9.17, 15) is 4.79 Å². The Hall–Kier alpha value is -0.530. The Morgan fingerprint density at radius 1 is 1.29 bits per heavy atom. The summed E-state index contributed by atoms with van der Waals surface area (Å²) in [5.74, 6) is 1.44. The molecule has 2 nitrogen and oxygen atoms in total. The predicted octanol–water partition coefficient (Wildman–Crippen LogP) is 2.73. The van der Waals surface area contributed by atoms with Gasteiger partial charge in [-0.1, -0.05) is 13.3 Å². The highest BCUT2D eigenvalue weighted by Crippen LogP contribution is 2.30. The lowest BCUT2D eigenvalue weighted by Crippen LogP contribution is -2.37. The molecule has 1 N–H and O–H groups in total. The summed E-state index contributed by atoms with van der Waals surface area (Å²) < 4.78 is 0. The van der Waals surface area contributed by atoms with Crippen LogP contribution in [0.5, 0.6) is 0 Å². The molecule has 0 spiro atoms. The van der Waals surface area contributed by atoms with Crippen LogP contribution in [0.4, 0.5) is 0 Å². The summed E-state index contributed by atoms with van der Waals surface area (Å²) in [5.41, 5.74) is 0. The summed E-state index contributed by atoms with van der Waals surface area (Å²) in [6.45, 7) is 6.30. The summed E-state index contributed by atoms with van der Waals surface area (Å²) in [5, 5.41) is 3.01. The molecule has 82 valence electrons. The highest BCUT2D eigenvalue weighted by molar-refractivity contribution is 5.78. The minimum absolute atomic E-state index is 0.273. The maximum Gasteiger partial charge on any atom is 0.223 e. The molecule has 0 unspecified atom stereocenters. The van der Waals surface area contributed by atoms with Crippen LogP contribution in [0.1, 0.15) is 52.9 Å². The first kappa shape index (κ1) is 11.5. The molecule has 0 heterocycles. The molecular weight excluding hydrogens is 174 g/mol. The van der Waals surface area contributed by atoms with Gasteiger partial charge in [-0.05, 0) is 45.4 Å². The molecule has 1 rings (SSSR count). The molecule has 1 aliphatic carbocycles. The van der Waals surface area contributed by atoms with Gasteiger partial charge in [0.2, 0.25) is 5.91 Å². The van der Waals surface area contributed by atoms with Crippen LogP contribution >= 0.6 is 0 Å². The highest BCUT2D eigenvalue weighted by Gasteiger charge is 2.25. The smallest absolute Gasteiger partial charge is 0.223 e. The Labute approximate surface area is 87.5 Å². The van der Waals surface area contributed by atoms with Crippen LogP contribution in [0.25, 0.3) is 0 Å². The van der Waals surface area contributed by atoms with E-state index in [2.05, 4.69) is 12.2 Å². The molecule has 1 aliphatic rings. The van der Waals surface area contributed by atoms with Crippen LogP contribution in [0.3, 0.4) is 0 Å². The number of hydrogen-bond acceptors (Lipinski definition) is 1. The topological polar surface area (TPSA) is 29.1 Å². The van der Waals surface area contributed by atoms with Crippen molar-refractivity contribution < 1.29 is 4.79 Å². The molecule has 0 saturated heterocycles. The van der Waals surface area contributed by atoms with Gasteiger partial charge in [0.05, 0.1) is 0 Å². The highest BCUT2D eigenvalue weighted by atomic mass is 16.1. The van der Waals surface area contributed by atoms with Crippen molar-refractivity contribution >= 4 is 5.91 Å². The molecule has 0 bridgehead atoms. The van der Waals surface area contributed by atoms with Gasteiger partial charge in [-0.15, -0.1) is 0 Å². The molecule has 0 aromatic rings. The van der Waals surface area contributed by atoms with Crippen LogP contribution in [-0.4, -0.2) is 11.9 Å². The van der Waals surface area contributed by atoms with Crippen molar-refractivity contribution in [1.82, 2.24) is 5.32 Å². The van der Waals surface area contributed by atoms with Gasteiger partial charge in [-0.2, -0.15) is 0 Å². The number of carbonyl (C=O) groups is 1.